The maximum Gasteiger partial charge on any atom is 0.191 e. The molecule has 2 rings (SSSR count). The molecule has 0 amide bonds. The number of guanidine groups is 1. The summed E-state index contributed by atoms with van der Waals surface area (Å²) in [5.41, 5.74) is 2.30. The van der Waals surface area contributed by atoms with Crippen LogP contribution in [0, 0.1) is 0 Å². The summed E-state index contributed by atoms with van der Waals surface area (Å²) in [6.07, 6.45) is 4.80. The number of aliphatic imine (C=N–C) groups is 1. The normalized spacial score (nSPS) is 16.0. The molecule has 0 aromatic heterocycles. The van der Waals surface area contributed by atoms with Crippen LogP contribution in [0.4, 0.5) is 0 Å². The molecule has 1 unspecified atom stereocenters. The highest BCUT2D eigenvalue weighted by Crippen LogP contribution is 2.34. The predicted octanol–water partition coefficient (Wildman–Crippen LogP) is 3.49. The second-order valence-corrected chi connectivity index (χ2v) is 5.96. The van der Waals surface area contributed by atoms with E-state index in [4.69, 9.17) is 9.47 Å². The topological polar surface area (TPSA) is 54.9 Å². The first-order valence-electron chi connectivity index (χ1n) is 8.48. The van der Waals surface area contributed by atoms with Crippen LogP contribution in [0.15, 0.2) is 17.1 Å². The van der Waals surface area contributed by atoms with Crippen LogP contribution in [0.5, 0.6) is 11.5 Å². The number of benzene rings is 1. The lowest BCUT2D eigenvalue weighted by atomic mass is 10.1. The van der Waals surface area contributed by atoms with Gasteiger partial charge in [0.1, 0.15) is 17.6 Å². The fourth-order valence-electron chi connectivity index (χ4n) is 2.79. The summed E-state index contributed by atoms with van der Waals surface area (Å²) >= 11 is 0. The number of nitrogens with one attached hydrogen (secondary N) is 2. The van der Waals surface area contributed by atoms with E-state index in [1.54, 1.807) is 14.2 Å². The summed E-state index contributed by atoms with van der Waals surface area (Å²) in [6.45, 7) is 5.89. The van der Waals surface area contributed by atoms with Crippen molar-refractivity contribution < 1.29 is 9.47 Å². The van der Waals surface area contributed by atoms with Gasteiger partial charge in [-0.25, -0.2) is 0 Å². The lowest BCUT2D eigenvalue weighted by molar-refractivity contribution is 0.254. The van der Waals surface area contributed by atoms with Crippen LogP contribution in [0.1, 0.15) is 44.2 Å². The van der Waals surface area contributed by atoms with Gasteiger partial charge in [0.2, 0.25) is 0 Å². The molecule has 6 heteroatoms. The van der Waals surface area contributed by atoms with Crippen molar-refractivity contribution in [2.75, 3.05) is 20.7 Å². The Morgan fingerprint density at radius 3 is 2.79 bits per heavy atom. The van der Waals surface area contributed by atoms with Crippen molar-refractivity contribution in [2.45, 2.75) is 52.2 Å². The quantitative estimate of drug-likeness (QED) is 0.291. The SMILES string of the molecule is CCCCCNC(=NC)NCc1cc2c(cc1OC)CC(C)O2.I. The average molecular weight is 447 g/mol. The molecule has 1 aliphatic heterocycles. The van der Waals surface area contributed by atoms with Gasteiger partial charge in [-0.1, -0.05) is 19.8 Å². The van der Waals surface area contributed by atoms with Crippen LogP contribution in [-0.2, 0) is 13.0 Å². The first-order chi connectivity index (χ1) is 11.2. The van der Waals surface area contributed by atoms with E-state index in [2.05, 4.69) is 41.6 Å². The van der Waals surface area contributed by atoms with Crippen molar-refractivity contribution in [3.05, 3.63) is 23.3 Å². The third-order valence-corrected chi connectivity index (χ3v) is 4.04. The second kappa shape index (κ2) is 10.6. The monoisotopic (exact) mass is 447 g/mol. The number of halogens is 1. The Bertz CT molecular complexity index is 549. The first-order valence-corrected chi connectivity index (χ1v) is 8.48. The lowest BCUT2D eigenvalue weighted by Gasteiger charge is -2.15. The zero-order chi connectivity index (χ0) is 16.7. The van der Waals surface area contributed by atoms with Gasteiger partial charge in [0, 0.05) is 37.7 Å². The predicted molar refractivity (Wildman–Crippen MR) is 110 cm³/mol. The summed E-state index contributed by atoms with van der Waals surface area (Å²) < 4.78 is 11.4. The molecule has 136 valence electrons. The van der Waals surface area contributed by atoms with E-state index in [1.807, 2.05) is 0 Å². The maximum atomic E-state index is 5.84. The molecule has 1 atom stereocenters. The number of methoxy groups -OCH3 is 1. The fraction of sp³-hybridized carbons (Fsp3) is 0.611. The van der Waals surface area contributed by atoms with Gasteiger partial charge in [-0.15, -0.1) is 24.0 Å². The molecular weight excluding hydrogens is 417 g/mol. The first kappa shape index (κ1) is 20.9. The Hall–Kier alpha value is -1.18. The van der Waals surface area contributed by atoms with Gasteiger partial charge in [0.05, 0.1) is 7.11 Å². The molecule has 0 aliphatic carbocycles. The number of hydrogen-bond acceptors (Lipinski definition) is 3. The Morgan fingerprint density at radius 1 is 1.33 bits per heavy atom. The van der Waals surface area contributed by atoms with E-state index in [9.17, 15) is 0 Å². The summed E-state index contributed by atoms with van der Waals surface area (Å²) in [6, 6.07) is 4.17. The van der Waals surface area contributed by atoms with Gasteiger partial charge in [-0.2, -0.15) is 0 Å². The number of nitrogens with zero attached hydrogens (tertiary/aromatic N) is 1. The number of unbranched alkanes of at least 4 members (excludes halogenated alkanes) is 2. The maximum absolute atomic E-state index is 5.84. The third kappa shape index (κ3) is 5.72. The third-order valence-electron chi connectivity index (χ3n) is 4.04. The fourth-order valence-corrected chi connectivity index (χ4v) is 2.79. The Kier molecular flexibility index (Phi) is 9.25. The molecule has 0 radical (unpaired) electrons. The smallest absolute Gasteiger partial charge is 0.191 e. The minimum atomic E-state index is 0. The minimum absolute atomic E-state index is 0. The second-order valence-electron chi connectivity index (χ2n) is 5.96. The molecule has 0 saturated heterocycles. The molecule has 5 nitrogen and oxygen atoms in total. The van der Waals surface area contributed by atoms with E-state index in [0.29, 0.717) is 6.54 Å². The average Bonchev–Trinajstić information content (AvgIpc) is 2.92. The molecule has 1 aliphatic rings. The lowest BCUT2D eigenvalue weighted by Crippen LogP contribution is -2.37. The number of hydrogen-bond donors (Lipinski definition) is 2. The van der Waals surface area contributed by atoms with Crippen LogP contribution >= 0.6 is 24.0 Å². The highest BCUT2D eigenvalue weighted by molar-refractivity contribution is 14.0. The molecule has 0 spiro atoms. The van der Waals surface area contributed by atoms with Crippen molar-refractivity contribution in [2.24, 2.45) is 4.99 Å². The molecule has 24 heavy (non-hydrogen) atoms. The highest BCUT2D eigenvalue weighted by Gasteiger charge is 2.21. The van der Waals surface area contributed by atoms with E-state index in [1.165, 1.54) is 18.4 Å². The summed E-state index contributed by atoms with van der Waals surface area (Å²) in [5, 5.41) is 6.68. The Balaban J connectivity index is 0.00000288. The zero-order valence-corrected chi connectivity index (χ0v) is 17.5. The number of ether oxygens (including phenoxy) is 2. The summed E-state index contributed by atoms with van der Waals surface area (Å²) in [5.74, 6) is 2.69. The van der Waals surface area contributed by atoms with Gasteiger partial charge in [-0.05, 0) is 25.5 Å². The van der Waals surface area contributed by atoms with Crippen molar-refractivity contribution >= 4 is 29.9 Å². The van der Waals surface area contributed by atoms with Crippen LogP contribution in [-0.4, -0.2) is 32.8 Å². The van der Waals surface area contributed by atoms with Crippen LogP contribution in [0.3, 0.4) is 0 Å². The Morgan fingerprint density at radius 2 is 2.12 bits per heavy atom. The van der Waals surface area contributed by atoms with E-state index >= 15 is 0 Å². The molecular formula is C18H30IN3O2. The highest BCUT2D eigenvalue weighted by atomic mass is 127. The molecule has 1 heterocycles. The van der Waals surface area contributed by atoms with Crippen molar-refractivity contribution in [3.63, 3.8) is 0 Å². The van der Waals surface area contributed by atoms with E-state index < -0.39 is 0 Å². The Labute approximate surface area is 162 Å². The van der Waals surface area contributed by atoms with E-state index in [0.717, 1.165) is 42.4 Å². The molecule has 1 aromatic carbocycles. The van der Waals surface area contributed by atoms with Gasteiger partial charge in [0.15, 0.2) is 5.96 Å². The summed E-state index contributed by atoms with van der Waals surface area (Å²) in [7, 11) is 3.50. The summed E-state index contributed by atoms with van der Waals surface area (Å²) in [4.78, 5) is 4.26. The molecule has 2 N–H and O–H groups in total. The van der Waals surface area contributed by atoms with E-state index in [-0.39, 0.29) is 30.1 Å². The molecule has 0 fully saturated rings. The largest absolute Gasteiger partial charge is 0.496 e. The van der Waals surface area contributed by atoms with Crippen LogP contribution in [0.2, 0.25) is 0 Å². The van der Waals surface area contributed by atoms with Gasteiger partial charge in [0.25, 0.3) is 0 Å². The molecule has 0 bridgehead atoms. The number of rotatable bonds is 7. The zero-order valence-electron chi connectivity index (χ0n) is 15.1. The van der Waals surface area contributed by atoms with Crippen molar-refractivity contribution in [1.82, 2.24) is 10.6 Å². The van der Waals surface area contributed by atoms with Crippen LogP contribution in [0.25, 0.3) is 0 Å². The minimum Gasteiger partial charge on any atom is -0.496 e. The van der Waals surface area contributed by atoms with Gasteiger partial charge < -0.3 is 20.1 Å². The van der Waals surface area contributed by atoms with Crippen LogP contribution < -0.4 is 20.1 Å². The standard InChI is InChI=1S/C18H29N3O2.HI/c1-5-6-7-8-20-18(19-3)21-12-15-11-17-14(9-13(2)23-17)10-16(15)22-4;/h10-11,13H,5-9,12H2,1-4H3,(H2,19,20,21);1H. The van der Waals surface area contributed by atoms with Gasteiger partial charge in [-0.3, -0.25) is 4.99 Å². The van der Waals surface area contributed by atoms with Gasteiger partial charge >= 0.3 is 0 Å². The molecule has 0 saturated carbocycles. The van der Waals surface area contributed by atoms with Crippen molar-refractivity contribution in [1.29, 1.82) is 0 Å². The molecule has 1 aromatic rings. The number of fused-ring (bicyclic) bond motifs is 1. The van der Waals surface area contributed by atoms with Crippen molar-refractivity contribution in [3.8, 4) is 11.5 Å².